The first kappa shape index (κ1) is 62.7. The van der Waals surface area contributed by atoms with Crippen LogP contribution in [0.1, 0.15) is 72.1 Å². The molecular weight excluding hydrogens is 1160 g/mol. The summed E-state index contributed by atoms with van der Waals surface area (Å²) >= 11 is 2.72. The molecule has 7 aromatic rings. The van der Waals surface area contributed by atoms with Gasteiger partial charge in [0.2, 0.25) is 17.7 Å². The van der Waals surface area contributed by atoms with Gasteiger partial charge in [0, 0.05) is 80.9 Å². The van der Waals surface area contributed by atoms with Gasteiger partial charge in [-0.3, -0.25) is 39.2 Å². The number of amides is 5. The number of pyridine rings is 2. The number of fused-ring (bicyclic) bond motifs is 2. The maximum Gasteiger partial charge on any atom is 0.416 e. The van der Waals surface area contributed by atoms with Crippen molar-refractivity contribution in [3.8, 4) is 22.5 Å². The standard InChI is InChI=1S/C62H71F3N12O8S2/c1-4-74-26-28-75(29-27-74)36-44-15-16-45(35-46(44)62(63,64)65)68-57(81)43-13-8-12-42(34-43)47-17-18-48-58(69-47)87-61(70-48)71-51(78)37-84-32-30-83-31-33-85-38-52(79)76-24-20-41(21-25-76)54(72-56(80)39(2)66-3)60(82)77-23-9-14-49(77)59-73-55-50(86-59)19-22-67-53(55)40-10-6-5-7-11-40/h5-8,10-13,15-19,22,34-35,39,41,49,54,66H,4,9,14,20-21,23-33,36-38H2,1-3H3,(H,68,81)(H,72,80)(H,70,71,78)/t39-,49-,54-/m0/s1. The number of hydrogen-bond donors (Lipinski definition) is 4. The molecule has 3 aliphatic rings. The van der Waals surface area contributed by atoms with Crippen LogP contribution in [0.15, 0.2) is 97.2 Å². The molecule has 3 aliphatic heterocycles. The average Bonchev–Trinajstić information content (AvgIpc) is 1.95. The van der Waals surface area contributed by atoms with Gasteiger partial charge < -0.3 is 44.9 Å². The average molecular weight is 1230 g/mol. The Hall–Kier alpha value is -7.36. The summed E-state index contributed by atoms with van der Waals surface area (Å²) in [5.41, 5.74) is 3.85. The maximum atomic E-state index is 14.6. The Morgan fingerprint density at radius 3 is 2.23 bits per heavy atom. The fourth-order valence-electron chi connectivity index (χ4n) is 11.1. The molecule has 0 unspecified atom stereocenters. The number of aromatic nitrogens is 4. The molecule has 25 heteroatoms. The summed E-state index contributed by atoms with van der Waals surface area (Å²) in [5, 5.41) is 12.6. The van der Waals surface area contributed by atoms with Crippen molar-refractivity contribution >= 4 is 83.6 Å². The van der Waals surface area contributed by atoms with Crippen LogP contribution >= 0.6 is 22.7 Å². The number of piperidine rings is 1. The number of carbonyl (C=O) groups is 5. The second kappa shape index (κ2) is 29.1. The molecule has 3 atom stereocenters. The first-order valence-corrected chi connectivity index (χ1v) is 31.0. The second-order valence-corrected chi connectivity index (χ2v) is 23.8. The first-order chi connectivity index (χ1) is 42.1. The molecule has 3 fully saturated rings. The molecule has 0 spiro atoms. The number of alkyl halides is 3. The summed E-state index contributed by atoms with van der Waals surface area (Å²) in [6, 6.07) is 24.3. The van der Waals surface area contributed by atoms with Crippen LogP contribution in [0, 0.1) is 5.92 Å². The molecular formula is C62H71F3N12O8S2. The molecule has 3 aromatic carbocycles. The molecule has 0 aliphatic carbocycles. The predicted molar refractivity (Wildman–Crippen MR) is 327 cm³/mol. The Labute approximate surface area is 510 Å². The normalized spacial score (nSPS) is 17.0. The number of hydrogen-bond acceptors (Lipinski definition) is 17. The van der Waals surface area contributed by atoms with E-state index in [1.54, 1.807) is 72.8 Å². The lowest BCUT2D eigenvalue weighted by molar-refractivity contribution is -0.142. The van der Waals surface area contributed by atoms with Crippen molar-refractivity contribution in [3.05, 3.63) is 119 Å². The molecule has 20 nitrogen and oxygen atoms in total. The topological polar surface area (TPSA) is 226 Å². The minimum atomic E-state index is -4.61. The molecule has 0 bridgehead atoms. The van der Waals surface area contributed by atoms with Crippen molar-refractivity contribution in [2.75, 3.05) is 110 Å². The third-order valence-corrected chi connectivity index (χ3v) is 18.1. The number of nitrogens with one attached hydrogen (secondary N) is 4. The Kier molecular flexibility index (Phi) is 21.0. The van der Waals surface area contributed by atoms with Gasteiger partial charge in [-0.15, -0.1) is 11.3 Å². The van der Waals surface area contributed by atoms with Crippen molar-refractivity contribution in [1.29, 1.82) is 0 Å². The Morgan fingerprint density at radius 2 is 1.48 bits per heavy atom. The van der Waals surface area contributed by atoms with E-state index in [-0.39, 0.29) is 92.7 Å². The zero-order chi connectivity index (χ0) is 61.0. The number of rotatable bonds is 24. The van der Waals surface area contributed by atoms with Crippen molar-refractivity contribution in [2.24, 2.45) is 5.92 Å². The highest BCUT2D eigenvalue weighted by atomic mass is 32.1. The number of likely N-dealkylation sites (tertiary alicyclic amines) is 2. The minimum Gasteiger partial charge on any atom is -0.377 e. The van der Waals surface area contributed by atoms with Gasteiger partial charge in [0.15, 0.2) is 5.13 Å². The predicted octanol–water partition coefficient (Wildman–Crippen LogP) is 8.12. The highest BCUT2D eigenvalue weighted by Gasteiger charge is 2.42. The van der Waals surface area contributed by atoms with Gasteiger partial charge in [0.1, 0.15) is 40.1 Å². The van der Waals surface area contributed by atoms with E-state index in [2.05, 4.69) is 43.1 Å². The van der Waals surface area contributed by atoms with Crippen LogP contribution < -0.4 is 21.3 Å². The number of anilines is 2. The number of halogens is 3. The van der Waals surface area contributed by atoms with Crippen LogP contribution in [0.4, 0.5) is 24.0 Å². The van der Waals surface area contributed by atoms with E-state index >= 15 is 0 Å². The third kappa shape index (κ3) is 15.9. The fraction of sp³-hybridized carbons (Fsp3) is 0.435. The van der Waals surface area contributed by atoms with Crippen LogP contribution in [-0.2, 0) is 46.1 Å². The monoisotopic (exact) mass is 1230 g/mol. The number of thiazole rings is 2. The summed E-state index contributed by atoms with van der Waals surface area (Å²) in [7, 11) is 1.70. The molecule has 10 rings (SSSR count). The first-order valence-electron chi connectivity index (χ1n) is 29.4. The molecule has 0 radical (unpaired) electrons. The molecule has 3 saturated heterocycles. The minimum absolute atomic E-state index is 0.0332. The van der Waals surface area contributed by atoms with E-state index < -0.39 is 35.6 Å². The van der Waals surface area contributed by atoms with Crippen molar-refractivity contribution < 1.29 is 51.4 Å². The molecule has 7 heterocycles. The summed E-state index contributed by atoms with van der Waals surface area (Å²) in [6.07, 6.45) is -0.226. The van der Waals surface area contributed by atoms with Gasteiger partial charge in [-0.1, -0.05) is 66.8 Å². The summed E-state index contributed by atoms with van der Waals surface area (Å²) in [4.78, 5) is 94.8. The van der Waals surface area contributed by atoms with E-state index in [0.29, 0.717) is 72.3 Å². The van der Waals surface area contributed by atoms with Crippen LogP contribution in [0.3, 0.4) is 0 Å². The van der Waals surface area contributed by atoms with Crippen molar-refractivity contribution in [1.82, 2.24) is 50.2 Å². The van der Waals surface area contributed by atoms with Crippen LogP contribution in [0.2, 0.25) is 0 Å². The number of benzene rings is 3. The van der Waals surface area contributed by atoms with Gasteiger partial charge in [-0.05, 0) is 100 Å². The van der Waals surface area contributed by atoms with E-state index in [4.69, 9.17) is 24.2 Å². The van der Waals surface area contributed by atoms with Crippen LogP contribution in [0.5, 0.6) is 0 Å². The Morgan fingerprint density at radius 1 is 0.747 bits per heavy atom. The Balaban J connectivity index is 0.629. The number of piperazine rings is 1. The molecule has 460 valence electrons. The quantitative estimate of drug-likeness (QED) is 0.0419. The van der Waals surface area contributed by atoms with E-state index in [1.165, 1.54) is 12.1 Å². The third-order valence-electron chi connectivity index (χ3n) is 16.1. The van der Waals surface area contributed by atoms with Gasteiger partial charge in [0.05, 0.1) is 60.2 Å². The number of ether oxygens (including phenoxy) is 3. The molecule has 4 N–H and O–H groups in total. The summed E-state index contributed by atoms with van der Waals surface area (Å²) in [5.74, 6) is -1.81. The number of nitrogens with zero attached hydrogens (tertiary/aromatic N) is 8. The zero-order valence-corrected chi connectivity index (χ0v) is 50.4. The fourth-order valence-corrected chi connectivity index (χ4v) is 13.0. The highest BCUT2D eigenvalue weighted by molar-refractivity contribution is 7.22. The van der Waals surface area contributed by atoms with Gasteiger partial charge in [-0.2, -0.15) is 13.2 Å². The summed E-state index contributed by atoms with van der Waals surface area (Å²) < 4.78 is 60.6. The van der Waals surface area contributed by atoms with Crippen molar-refractivity contribution in [3.63, 3.8) is 0 Å². The van der Waals surface area contributed by atoms with E-state index in [1.807, 2.05) is 46.2 Å². The SMILES string of the molecule is CCN1CCN(Cc2ccc(NC(=O)c3cccc(-c4ccc5nc(NC(=O)COCCOCCOCC(=O)N6CCC([C@H](NC(=O)[C@H](C)NC)C(=O)N7CCC[C@H]7c7nc8c(-c9ccccc9)nccc8s7)CC6)sc5n4)c3)cc2C(F)(F)F)CC1. The lowest BCUT2D eigenvalue weighted by Gasteiger charge is -2.38. The lowest BCUT2D eigenvalue weighted by Crippen LogP contribution is -2.57. The second-order valence-electron chi connectivity index (χ2n) is 21.7. The number of likely N-dealkylation sites (N-methyl/N-ethyl adjacent to an activating group) is 2. The molecule has 5 amide bonds. The number of carbonyl (C=O) groups excluding carboxylic acids is 5. The van der Waals surface area contributed by atoms with Gasteiger partial charge >= 0.3 is 6.18 Å². The zero-order valence-electron chi connectivity index (χ0n) is 48.8. The van der Waals surface area contributed by atoms with E-state index in [9.17, 15) is 37.1 Å². The lowest BCUT2D eigenvalue weighted by atomic mass is 9.88. The highest BCUT2D eigenvalue weighted by Crippen LogP contribution is 2.40. The molecule has 4 aromatic heterocycles. The van der Waals surface area contributed by atoms with Crippen molar-refractivity contribution in [2.45, 2.75) is 70.4 Å². The van der Waals surface area contributed by atoms with Crippen LogP contribution in [0.25, 0.3) is 43.1 Å². The smallest absolute Gasteiger partial charge is 0.377 e. The van der Waals surface area contributed by atoms with E-state index in [0.717, 1.165) is 76.4 Å². The summed E-state index contributed by atoms with van der Waals surface area (Å²) in [6.45, 7) is 9.42. The Bertz CT molecular complexity index is 3540. The molecule has 0 saturated carbocycles. The van der Waals surface area contributed by atoms with Gasteiger partial charge in [-0.25, -0.2) is 15.0 Å². The van der Waals surface area contributed by atoms with Gasteiger partial charge in [0.25, 0.3) is 11.8 Å². The largest absolute Gasteiger partial charge is 0.416 e. The molecule has 87 heavy (non-hydrogen) atoms. The maximum absolute atomic E-state index is 14.6. The van der Waals surface area contributed by atoms with Crippen LogP contribution in [-0.4, -0.2) is 180 Å².